The van der Waals surface area contributed by atoms with Gasteiger partial charge >= 0.3 is 0 Å². The first kappa shape index (κ1) is 17.9. The fourth-order valence-electron chi connectivity index (χ4n) is 3.74. The van der Waals surface area contributed by atoms with Gasteiger partial charge in [0.1, 0.15) is 5.56 Å². The lowest BCUT2D eigenvalue weighted by molar-refractivity contribution is 0.409. The average Bonchev–Trinajstić information content (AvgIpc) is 3.06. The van der Waals surface area contributed by atoms with Crippen LogP contribution < -0.4 is 10.9 Å². The molecule has 2 aromatic heterocycles. The molecule has 27 heavy (non-hydrogen) atoms. The molecule has 1 unspecified atom stereocenters. The normalized spacial score (nSPS) is 16.4. The summed E-state index contributed by atoms with van der Waals surface area (Å²) in [6, 6.07) is 7.72. The fraction of sp³-hybridized carbons (Fsp3) is 0.300. The molecule has 3 N–H and O–H groups in total. The van der Waals surface area contributed by atoms with Crippen molar-refractivity contribution in [2.45, 2.75) is 31.1 Å². The maximum Gasteiger partial charge on any atom is 0.263 e. The second kappa shape index (κ2) is 7.25. The Morgan fingerprint density at radius 3 is 3.04 bits per heavy atom. The predicted molar refractivity (Wildman–Crippen MR) is 109 cm³/mol. The van der Waals surface area contributed by atoms with Gasteiger partial charge in [0.05, 0.1) is 6.04 Å². The summed E-state index contributed by atoms with van der Waals surface area (Å²) in [5.74, 6) is 0.416. The topological polar surface area (TPSA) is 82.9 Å². The van der Waals surface area contributed by atoms with Gasteiger partial charge in [-0.05, 0) is 25.0 Å². The van der Waals surface area contributed by atoms with Gasteiger partial charge in [0, 0.05) is 35.4 Å². The number of para-hydroxylation sites is 1. The molecule has 0 saturated heterocycles. The van der Waals surface area contributed by atoms with Gasteiger partial charge in [-0.2, -0.15) is 4.98 Å². The third-order valence-corrected chi connectivity index (χ3v) is 5.92. The summed E-state index contributed by atoms with van der Waals surface area (Å²) < 4.78 is 1.61. The number of hydrogen-bond donors (Lipinski definition) is 3. The summed E-state index contributed by atoms with van der Waals surface area (Å²) in [5.41, 5.74) is 3.26. The van der Waals surface area contributed by atoms with Crippen LogP contribution in [0.2, 0.25) is 0 Å². The maximum absolute atomic E-state index is 13.2. The van der Waals surface area contributed by atoms with Crippen LogP contribution >= 0.6 is 11.8 Å². The molecule has 0 bridgehead atoms. The highest BCUT2D eigenvalue weighted by molar-refractivity contribution is 7.99. The van der Waals surface area contributed by atoms with E-state index in [9.17, 15) is 9.90 Å². The number of aromatic hydroxyl groups is 1. The molecule has 0 fully saturated rings. The number of fused-ring (bicyclic) bond motifs is 3. The molecule has 3 aromatic rings. The Kier molecular flexibility index (Phi) is 4.80. The highest BCUT2D eigenvalue weighted by Gasteiger charge is 2.31. The van der Waals surface area contributed by atoms with Crippen LogP contribution in [0.5, 0.6) is 5.88 Å². The maximum atomic E-state index is 13.2. The van der Waals surface area contributed by atoms with Gasteiger partial charge < -0.3 is 15.4 Å². The number of thioether (sulfide) groups is 1. The molecule has 140 valence electrons. The van der Waals surface area contributed by atoms with E-state index in [2.05, 4.69) is 27.9 Å². The van der Waals surface area contributed by atoms with Crippen LogP contribution in [0.3, 0.4) is 0 Å². The summed E-state index contributed by atoms with van der Waals surface area (Å²) in [6.45, 7) is 6.83. The molecule has 1 atom stereocenters. The molecular weight excluding hydrogens is 360 g/mol. The molecular formula is C20H22N4O2S. The number of aromatic nitrogens is 3. The van der Waals surface area contributed by atoms with Crippen molar-refractivity contribution in [3.05, 3.63) is 64.1 Å². The van der Waals surface area contributed by atoms with E-state index in [0.717, 1.165) is 24.2 Å². The first-order valence-electron chi connectivity index (χ1n) is 9.06. The minimum absolute atomic E-state index is 0.208. The second-order valence-corrected chi connectivity index (χ2v) is 7.47. The Morgan fingerprint density at radius 2 is 2.26 bits per heavy atom. The molecule has 3 heterocycles. The summed E-state index contributed by atoms with van der Waals surface area (Å²) in [5, 5.41) is 15.7. The Balaban J connectivity index is 1.88. The van der Waals surface area contributed by atoms with E-state index in [0.29, 0.717) is 23.0 Å². The van der Waals surface area contributed by atoms with Gasteiger partial charge in [-0.1, -0.05) is 36.0 Å². The largest absolute Gasteiger partial charge is 0.493 e. The second-order valence-electron chi connectivity index (χ2n) is 6.48. The molecule has 1 aliphatic heterocycles. The monoisotopic (exact) mass is 382 g/mol. The van der Waals surface area contributed by atoms with Crippen molar-refractivity contribution in [1.29, 1.82) is 0 Å². The minimum atomic E-state index is -0.405. The Labute approximate surface area is 161 Å². The van der Waals surface area contributed by atoms with Gasteiger partial charge in [0.15, 0.2) is 5.16 Å². The molecule has 0 saturated carbocycles. The quantitative estimate of drug-likeness (QED) is 0.359. The highest BCUT2D eigenvalue weighted by atomic mass is 32.2. The van der Waals surface area contributed by atoms with Crippen molar-refractivity contribution in [3.63, 3.8) is 0 Å². The minimum Gasteiger partial charge on any atom is -0.493 e. The third-order valence-electron chi connectivity index (χ3n) is 4.94. The van der Waals surface area contributed by atoms with Gasteiger partial charge in [-0.25, -0.2) is 0 Å². The number of nitrogens with zero attached hydrogens (tertiary/aromatic N) is 2. The lowest BCUT2D eigenvalue weighted by atomic mass is 9.95. The van der Waals surface area contributed by atoms with Crippen molar-refractivity contribution in [1.82, 2.24) is 19.9 Å². The summed E-state index contributed by atoms with van der Waals surface area (Å²) in [7, 11) is 0. The molecule has 7 heteroatoms. The molecule has 6 nitrogen and oxygen atoms in total. The molecule has 0 spiro atoms. The van der Waals surface area contributed by atoms with E-state index in [-0.39, 0.29) is 11.4 Å². The van der Waals surface area contributed by atoms with Gasteiger partial charge in [-0.3, -0.25) is 9.36 Å². The summed E-state index contributed by atoms with van der Waals surface area (Å²) in [4.78, 5) is 21.0. The third kappa shape index (κ3) is 2.96. The van der Waals surface area contributed by atoms with Gasteiger partial charge in [-0.15, -0.1) is 6.58 Å². The zero-order chi connectivity index (χ0) is 19.0. The molecule has 1 aromatic carbocycles. The number of hydrogen-bond acceptors (Lipinski definition) is 5. The Morgan fingerprint density at radius 1 is 1.44 bits per heavy atom. The first-order valence-corrected chi connectivity index (χ1v) is 10.0. The number of benzene rings is 1. The van der Waals surface area contributed by atoms with Crippen LogP contribution in [0, 0.1) is 0 Å². The zero-order valence-corrected chi connectivity index (χ0v) is 16.0. The Bertz CT molecular complexity index is 1070. The van der Waals surface area contributed by atoms with Gasteiger partial charge in [0.2, 0.25) is 5.88 Å². The number of H-pyrrole nitrogens is 1. The fourth-order valence-corrected chi connectivity index (χ4v) is 4.53. The SMILES string of the molecule is C=CCSc1nc(O)c(C2NCCc3c2[nH]c2ccccc32)c(=O)n1CC. The van der Waals surface area contributed by atoms with Crippen LogP contribution in [-0.2, 0) is 13.0 Å². The van der Waals surface area contributed by atoms with E-state index in [4.69, 9.17) is 0 Å². The van der Waals surface area contributed by atoms with E-state index in [1.807, 2.05) is 25.1 Å². The lowest BCUT2D eigenvalue weighted by Crippen LogP contribution is -2.37. The van der Waals surface area contributed by atoms with Crippen molar-refractivity contribution in [3.8, 4) is 5.88 Å². The van der Waals surface area contributed by atoms with Crippen LogP contribution in [-0.4, -0.2) is 31.9 Å². The van der Waals surface area contributed by atoms with Crippen LogP contribution in [0.4, 0.5) is 0 Å². The van der Waals surface area contributed by atoms with Crippen LogP contribution in [0.1, 0.15) is 29.8 Å². The van der Waals surface area contributed by atoms with Crippen molar-refractivity contribution >= 4 is 22.7 Å². The molecule has 0 amide bonds. The number of rotatable bonds is 5. The van der Waals surface area contributed by atoms with Gasteiger partial charge in [0.25, 0.3) is 5.56 Å². The van der Waals surface area contributed by atoms with E-state index < -0.39 is 6.04 Å². The lowest BCUT2D eigenvalue weighted by Gasteiger charge is -2.25. The molecule has 0 radical (unpaired) electrons. The predicted octanol–water partition coefficient (Wildman–Crippen LogP) is 2.96. The van der Waals surface area contributed by atoms with E-state index >= 15 is 0 Å². The molecule has 1 aliphatic rings. The Hall–Kier alpha value is -2.51. The van der Waals surface area contributed by atoms with E-state index in [1.54, 1.807) is 10.6 Å². The first-order chi connectivity index (χ1) is 13.2. The number of nitrogens with one attached hydrogen (secondary N) is 2. The van der Waals surface area contributed by atoms with Crippen molar-refractivity contribution < 1.29 is 5.11 Å². The smallest absolute Gasteiger partial charge is 0.263 e. The van der Waals surface area contributed by atoms with Crippen LogP contribution in [0.25, 0.3) is 10.9 Å². The van der Waals surface area contributed by atoms with Crippen molar-refractivity contribution in [2.75, 3.05) is 12.3 Å². The molecule has 4 rings (SSSR count). The number of aromatic amines is 1. The van der Waals surface area contributed by atoms with E-state index in [1.165, 1.54) is 22.7 Å². The van der Waals surface area contributed by atoms with Crippen molar-refractivity contribution in [2.24, 2.45) is 0 Å². The zero-order valence-electron chi connectivity index (χ0n) is 15.2. The average molecular weight is 382 g/mol. The standard InChI is InChI=1S/C20H22N4O2S/c1-3-11-27-20-23-18(25)15(19(26)24(20)4-2)17-16-13(9-10-21-17)12-7-5-6-8-14(12)22-16/h3,5-8,17,21-22,25H,1,4,9-11H2,2H3. The van der Waals surface area contributed by atoms with Crippen LogP contribution in [0.15, 0.2) is 46.9 Å². The summed E-state index contributed by atoms with van der Waals surface area (Å²) >= 11 is 1.39. The highest BCUT2D eigenvalue weighted by Crippen LogP contribution is 2.35. The molecule has 0 aliphatic carbocycles. The summed E-state index contributed by atoms with van der Waals surface area (Å²) in [6.07, 6.45) is 2.63.